The molecule has 0 saturated carbocycles. The number of nitro groups is 1. The second-order valence-corrected chi connectivity index (χ2v) is 4.84. The average molecular weight is 321 g/mol. The number of nitro benzene ring substituents is 1. The molecule has 120 valence electrons. The molecule has 2 aromatic rings. The first kappa shape index (κ1) is 16.3. The van der Waals surface area contributed by atoms with Crippen molar-refractivity contribution in [3.63, 3.8) is 0 Å². The minimum Gasteiger partial charge on any atom is -0.365 e. The van der Waals surface area contributed by atoms with Crippen molar-refractivity contribution in [2.45, 2.75) is 0 Å². The Hall–Kier alpha value is -3.03. The second-order valence-electron chi connectivity index (χ2n) is 4.84. The maximum atomic E-state index is 13.1. The fourth-order valence-corrected chi connectivity index (χ4v) is 1.96. The van der Waals surface area contributed by atoms with Crippen molar-refractivity contribution >= 4 is 23.0 Å². The third kappa shape index (κ3) is 4.47. The van der Waals surface area contributed by atoms with Gasteiger partial charge in [-0.15, -0.1) is 0 Å². The Kier molecular flexibility index (Phi) is 4.85. The Morgan fingerprint density at radius 1 is 1.17 bits per heavy atom. The Morgan fingerprint density at radius 2 is 1.74 bits per heavy atom. The van der Waals surface area contributed by atoms with Crippen LogP contribution in [0.3, 0.4) is 0 Å². The summed E-state index contributed by atoms with van der Waals surface area (Å²) >= 11 is 0. The van der Waals surface area contributed by atoms with E-state index >= 15 is 0 Å². The maximum absolute atomic E-state index is 13.1. The minimum absolute atomic E-state index is 0.0181. The fraction of sp³-hybridized carbons (Fsp3) is 0.133. The van der Waals surface area contributed by atoms with Crippen molar-refractivity contribution in [3.05, 3.63) is 64.2 Å². The molecule has 0 heterocycles. The lowest BCUT2D eigenvalue weighted by Gasteiger charge is -2.18. The van der Waals surface area contributed by atoms with Gasteiger partial charge in [0.15, 0.2) is 0 Å². The molecular formula is C15H13F2N3O3. The summed E-state index contributed by atoms with van der Waals surface area (Å²) in [6, 6.07) is 8.39. The normalized spacial score (nSPS) is 10.2. The van der Waals surface area contributed by atoms with Gasteiger partial charge in [-0.05, 0) is 24.3 Å². The Bertz CT molecular complexity index is 715. The zero-order chi connectivity index (χ0) is 17.0. The second kappa shape index (κ2) is 6.82. The predicted octanol–water partition coefficient (Wildman–Crippen LogP) is 2.95. The minimum atomic E-state index is -0.788. The number of hydrogen-bond donors (Lipinski definition) is 1. The molecule has 23 heavy (non-hydrogen) atoms. The predicted molar refractivity (Wildman–Crippen MR) is 81.4 cm³/mol. The molecule has 0 spiro atoms. The van der Waals surface area contributed by atoms with E-state index in [1.165, 1.54) is 24.3 Å². The lowest BCUT2D eigenvalue weighted by Crippen LogP contribution is -2.30. The van der Waals surface area contributed by atoms with Crippen LogP contribution in [-0.2, 0) is 4.79 Å². The summed E-state index contributed by atoms with van der Waals surface area (Å²) in [5.41, 5.74) is 0.558. The molecule has 1 amide bonds. The van der Waals surface area contributed by atoms with Crippen LogP contribution >= 0.6 is 0 Å². The van der Waals surface area contributed by atoms with Gasteiger partial charge in [0.25, 0.3) is 5.69 Å². The van der Waals surface area contributed by atoms with E-state index in [1.807, 2.05) is 0 Å². The summed E-state index contributed by atoms with van der Waals surface area (Å²) in [7, 11) is 1.62. The Balaban J connectivity index is 2.00. The van der Waals surface area contributed by atoms with Crippen LogP contribution in [-0.4, -0.2) is 24.4 Å². The summed E-state index contributed by atoms with van der Waals surface area (Å²) in [5.74, 6) is -2.05. The van der Waals surface area contributed by atoms with Crippen LogP contribution in [0.2, 0.25) is 0 Å². The van der Waals surface area contributed by atoms with E-state index in [4.69, 9.17) is 0 Å². The molecule has 0 aliphatic carbocycles. The van der Waals surface area contributed by atoms with Gasteiger partial charge in [-0.3, -0.25) is 14.9 Å². The van der Waals surface area contributed by atoms with Crippen molar-refractivity contribution in [2.75, 3.05) is 23.8 Å². The van der Waals surface area contributed by atoms with E-state index in [-0.39, 0.29) is 17.9 Å². The van der Waals surface area contributed by atoms with E-state index in [0.717, 1.165) is 12.1 Å². The molecule has 1 N–H and O–H groups in total. The lowest BCUT2D eigenvalue weighted by molar-refractivity contribution is -0.384. The highest BCUT2D eigenvalue weighted by Crippen LogP contribution is 2.18. The number of carbonyl (C=O) groups is 1. The smallest absolute Gasteiger partial charge is 0.269 e. The highest BCUT2D eigenvalue weighted by molar-refractivity contribution is 5.94. The lowest BCUT2D eigenvalue weighted by atomic mass is 10.2. The summed E-state index contributed by atoms with van der Waals surface area (Å²) < 4.78 is 26.1. The number of carbonyl (C=O) groups excluding carboxylic acids is 1. The van der Waals surface area contributed by atoms with Gasteiger partial charge in [0.05, 0.1) is 11.5 Å². The van der Waals surface area contributed by atoms with Crippen LogP contribution in [0.15, 0.2) is 42.5 Å². The van der Waals surface area contributed by atoms with Crippen LogP contribution in [0.1, 0.15) is 0 Å². The van der Waals surface area contributed by atoms with E-state index in [9.17, 15) is 23.7 Å². The molecule has 0 saturated heterocycles. The quantitative estimate of drug-likeness (QED) is 0.678. The third-order valence-electron chi connectivity index (χ3n) is 3.03. The van der Waals surface area contributed by atoms with Crippen LogP contribution in [0, 0.1) is 21.7 Å². The molecule has 2 rings (SSSR count). The number of likely N-dealkylation sites (N-methyl/N-ethyl adjacent to an activating group) is 1. The highest BCUT2D eigenvalue weighted by atomic mass is 19.1. The number of benzene rings is 2. The SMILES string of the molecule is CN(CC(=O)Nc1cc(F)cc(F)c1)c1ccc([N+](=O)[O-])cc1. The summed E-state index contributed by atoms with van der Waals surface area (Å²) in [6.07, 6.45) is 0. The zero-order valence-electron chi connectivity index (χ0n) is 12.1. The van der Waals surface area contributed by atoms with Gasteiger partial charge >= 0.3 is 0 Å². The monoisotopic (exact) mass is 321 g/mol. The fourth-order valence-electron chi connectivity index (χ4n) is 1.96. The number of hydrogen-bond acceptors (Lipinski definition) is 4. The number of rotatable bonds is 5. The molecule has 0 atom stereocenters. The van der Waals surface area contributed by atoms with Crippen LogP contribution in [0.4, 0.5) is 25.8 Å². The molecule has 6 nitrogen and oxygen atoms in total. The van der Waals surface area contributed by atoms with Gasteiger partial charge in [-0.25, -0.2) is 8.78 Å². The van der Waals surface area contributed by atoms with Crippen LogP contribution < -0.4 is 10.2 Å². The highest BCUT2D eigenvalue weighted by Gasteiger charge is 2.11. The van der Waals surface area contributed by atoms with Crippen molar-refractivity contribution in [1.82, 2.24) is 0 Å². The molecule has 0 aliphatic heterocycles. The van der Waals surface area contributed by atoms with Gasteiger partial charge in [-0.1, -0.05) is 0 Å². The number of non-ortho nitro benzene ring substituents is 1. The van der Waals surface area contributed by atoms with Gasteiger partial charge in [0, 0.05) is 36.6 Å². The summed E-state index contributed by atoms with van der Waals surface area (Å²) in [4.78, 5) is 23.5. The molecule has 0 aromatic heterocycles. The van der Waals surface area contributed by atoms with E-state index < -0.39 is 22.5 Å². The number of amides is 1. The standard InChI is InChI=1S/C15H13F2N3O3/c1-19(13-2-4-14(5-3-13)20(22)23)9-15(21)18-12-7-10(16)6-11(17)8-12/h2-8H,9H2,1H3,(H,18,21). The molecule has 0 fully saturated rings. The zero-order valence-corrected chi connectivity index (χ0v) is 12.1. The molecule has 0 bridgehead atoms. The summed E-state index contributed by atoms with van der Waals surface area (Å²) in [5, 5.41) is 13.0. The third-order valence-corrected chi connectivity index (χ3v) is 3.03. The molecule has 2 aromatic carbocycles. The van der Waals surface area contributed by atoms with Crippen molar-refractivity contribution in [3.8, 4) is 0 Å². The summed E-state index contributed by atoms with van der Waals surface area (Å²) in [6.45, 7) is -0.0874. The topological polar surface area (TPSA) is 75.5 Å². The van der Waals surface area contributed by atoms with Gasteiger partial charge in [0.1, 0.15) is 11.6 Å². The molecule has 0 radical (unpaired) electrons. The van der Waals surface area contributed by atoms with E-state index in [2.05, 4.69) is 5.32 Å². The van der Waals surface area contributed by atoms with Crippen molar-refractivity contribution in [2.24, 2.45) is 0 Å². The van der Waals surface area contributed by atoms with Crippen molar-refractivity contribution < 1.29 is 18.5 Å². The van der Waals surface area contributed by atoms with Gasteiger partial charge < -0.3 is 10.2 Å². The number of nitrogens with one attached hydrogen (secondary N) is 1. The number of nitrogens with zero attached hydrogens (tertiary/aromatic N) is 2. The first-order valence-electron chi connectivity index (χ1n) is 6.56. The number of anilines is 2. The van der Waals surface area contributed by atoms with Crippen LogP contribution in [0.5, 0.6) is 0 Å². The molecule has 0 aliphatic rings. The van der Waals surface area contributed by atoms with E-state index in [0.29, 0.717) is 11.8 Å². The van der Waals surface area contributed by atoms with Crippen LogP contribution in [0.25, 0.3) is 0 Å². The molecule has 8 heteroatoms. The first-order chi connectivity index (χ1) is 10.8. The average Bonchev–Trinajstić information content (AvgIpc) is 2.45. The van der Waals surface area contributed by atoms with E-state index in [1.54, 1.807) is 11.9 Å². The molecular weight excluding hydrogens is 308 g/mol. The maximum Gasteiger partial charge on any atom is 0.269 e. The number of halogens is 2. The van der Waals surface area contributed by atoms with Gasteiger partial charge in [0.2, 0.25) is 5.91 Å². The Morgan fingerprint density at radius 3 is 2.26 bits per heavy atom. The largest absolute Gasteiger partial charge is 0.365 e. The van der Waals surface area contributed by atoms with Crippen molar-refractivity contribution in [1.29, 1.82) is 0 Å². The van der Waals surface area contributed by atoms with Gasteiger partial charge in [-0.2, -0.15) is 0 Å². The molecule has 0 unspecified atom stereocenters. The Labute approximate surface area is 130 Å². The first-order valence-corrected chi connectivity index (χ1v) is 6.56.